The highest BCUT2D eigenvalue weighted by Gasteiger charge is 2.45. The van der Waals surface area contributed by atoms with Gasteiger partial charge in [0.15, 0.2) is 0 Å². The van der Waals surface area contributed by atoms with E-state index in [2.05, 4.69) is 20.6 Å². The van der Waals surface area contributed by atoms with Gasteiger partial charge in [-0.1, -0.05) is 0 Å². The van der Waals surface area contributed by atoms with Crippen molar-refractivity contribution < 1.29 is 18.0 Å². The van der Waals surface area contributed by atoms with Crippen molar-refractivity contribution in [3.05, 3.63) is 40.3 Å². The zero-order valence-electron chi connectivity index (χ0n) is 17.5. The normalized spacial score (nSPS) is 16.9. The molecule has 1 saturated heterocycles. The van der Waals surface area contributed by atoms with Gasteiger partial charge in [-0.05, 0) is 62.1 Å². The summed E-state index contributed by atoms with van der Waals surface area (Å²) < 4.78 is 40.6. The summed E-state index contributed by atoms with van der Waals surface area (Å²) in [5.41, 5.74) is 1.33. The van der Waals surface area contributed by atoms with Crippen molar-refractivity contribution in [2.75, 3.05) is 30.4 Å². The lowest BCUT2D eigenvalue weighted by Gasteiger charge is -2.38. The number of nitrogens with zero attached hydrogens (tertiary/aromatic N) is 2. The fourth-order valence-electron chi connectivity index (χ4n) is 3.75. The van der Waals surface area contributed by atoms with Gasteiger partial charge in [-0.25, -0.2) is 4.98 Å². The first kappa shape index (κ1) is 22.8. The van der Waals surface area contributed by atoms with Gasteiger partial charge in [0, 0.05) is 31.8 Å². The molecule has 0 bridgehead atoms. The number of hydrogen-bond donors (Lipinski definition) is 3. The quantitative estimate of drug-likeness (QED) is 0.646. The van der Waals surface area contributed by atoms with E-state index in [4.69, 9.17) is 0 Å². The molecule has 0 aromatic carbocycles. The number of alkyl halides is 3. The van der Waals surface area contributed by atoms with Gasteiger partial charge in [-0.3, -0.25) is 9.59 Å². The zero-order chi connectivity index (χ0) is 22.6. The number of aromatic amines is 1. The summed E-state index contributed by atoms with van der Waals surface area (Å²) >= 11 is 0. The van der Waals surface area contributed by atoms with Crippen LogP contribution in [0.4, 0.5) is 24.8 Å². The summed E-state index contributed by atoms with van der Waals surface area (Å²) in [6.45, 7) is 2.51. The minimum atomic E-state index is -4.38. The zero-order valence-corrected chi connectivity index (χ0v) is 17.5. The predicted molar refractivity (Wildman–Crippen MR) is 113 cm³/mol. The van der Waals surface area contributed by atoms with E-state index in [0.717, 1.165) is 5.56 Å². The highest BCUT2D eigenvalue weighted by atomic mass is 19.4. The molecule has 31 heavy (non-hydrogen) atoms. The third-order valence-electron chi connectivity index (χ3n) is 5.30. The predicted octanol–water partition coefficient (Wildman–Crippen LogP) is 3.21. The molecule has 3 rings (SSSR count). The molecule has 3 N–H and O–H groups in total. The Morgan fingerprint density at radius 1 is 1.29 bits per heavy atom. The van der Waals surface area contributed by atoms with E-state index in [-0.39, 0.29) is 31.1 Å². The number of amides is 1. The summed E-state index contributed by atoms with van der Waals surface area (Å²) in [5.74, 6) is 0.236. The van der Waals surface area contributed by atoms with Gasteiger partial charge in [0.2, 0.25) is 11.5 Å². The van der Waals surface area contributed by atoms with Crippen LogP contribution in [0.5, 0.6) is 0 Å². The third kappa shape index (κ3) is 5.63. The number of nitrogens with one attached hydrogen (secondary N) is 3. The number of aryl methyl sites for hydroxylation is 1. The maximum atomic E-state index is 13.5. The molecule has 0 saturated carbocycles. The van der Waals surface area contributed by atoms with E-state index >= 15 is 0 Å². The van der Waals surface area contributed by atoms with Crippen LogP contribution in [0.3, 0.4) is 0 Å². The summed E-state index contributed by atoms with van der Waals surface area (Å²) in [5, 5.41) is 5.58. The molecule has 1 fully saturated rings. The Kier molecular flexibility index (Phi) is 6.99. The number of anilines is 2. The fourth-order valence-corrected chi connectivity index (χ4v) is 3.75. The van der Waals surface area contributed by atoms with Crippen molar-refractivity contribution in [2.45, 2.75) is 44.8 Å². The standard InChI is InChI=1S/C21H26F3N5O2/c1-13-12-26-17(27-19(30)6-7-25-2)11-15(13)14-9-18(28-20(31)10-14)29-8-4-3-5-16(29)21(22,23)24/h9-12,16,25H,3-8H2,1-2H3,(H,28,31)(H,26,27,30)/t16-/m1/s1. The average molecular weight is 437 g/mol. The van der Waals surface area contributed by atoms with Crippen LogP contribution in [-0.4, -0.2) is 48.2 Å². The number of piperidine rings is 1. The Morgan fingerprint density at radius 2 is 2.06 bits per heavy atom. The van der Waals surface area contributed by atoms with E-state index in [1.807, 2.05) is 0 Å². The van der Waals surface area contributed by atoms with Crippen LogP contribution >= 0.6 is 0 Å². The van der Waals surface area contributed by atoms with Gasteiger partial charge in [0.1, 0.15) is 17.7 Å². The molecule has 1 atom stereocenters. The first-order valence-electron chi connectivity index (χ1n) is 10.2. The molecular weight excluding hydrogens is 411 g/mol. The molecule has 3 heterocycles. The topological polar surface area (TPSA) is 90.1 Å². The van der Waals surface area contributed by atoms with Crippen molar-refractivity contribution in [2.24, 2.45) is 0 Å². The fraction of sp³-hybridized carbons (Fsp3) is 0.476. The number of H-pyrrole nitrogens is 1. The summed E-state index contributed by atoms with van der Waals surface area (Å²) in [6.07, 6.45) is -1.45. The molecule has 0 spiro atoms. The first-order valence-corrected chi connectivity index (χ1v) is 10.2. The van der Waals surface area contributed by atoms with Gasteiger partial charge in [-0.15, -0.1) is 0 Å². The van der Waals surface area contributed by atoms with Crippen molar-refractivity contribution in [1.29, 1.82) is 0 Å². The number of aromatic nitrogens is 2. The third-order valence-corrected chi connectivity index (χ3v) is 5.30. The minimum absolute atomic E-state index is 0.00710. The monoisotopic (exact) mass is 437 g/mol. The second-order valence-electron chi connectivity index (χ2n) is 7.65. The lowest BCUT2D eigenvalue weighted by molar-refractivity contribution is -0.152. The Labute approximate surface area is 178 Å². The lowest BCUT2D eigenvalue weighted by Crippen LogP contribution is -2.49. The second-order valence-corrected chi connectivity index (χ2v) is 7.65. The van der Waals surface area contributed by atoms with Crippen LogP contribution in [-0.2, 0) is 4.79 Å². The molecule has 1 amide bonds. The van der Waals surface area contributed by atoms with Crippen LogP contribution in [0.25, 0.3) is 11.1 Å². The number of carbonyl (C=O) groups is 1. The van der Waals surface area contributed by atoms with E-state index in [9.17, 15) is 22.8 Å². The Balaban J connectivity index is 1.95. The van der Waals surface area contributed by atoms with Gasteiger partial charge < -0.3 is 20.5 Å². The molecule has 0 radical (unpaired) electrons. The molecule has 0 aliphatic carbocycles. The largest absolute Gasteiger partial charge is 0.408 e. The second kappa shape index (κ2) is 9.51. The van der Waals surface area contributed by atoms with Crippen molar-refractivity contribution in [3.63, 3.8) is 0 Å². The molecule has 2 aromatic rings. The summed E-state index contributed by atoms with van der Waals surface area (Å²) in [6, 6.07) is 2.89. The van der Waals surface area contributed by atoms with Crippen molar-refractivity contribution in [1.82, 2.24) is 15.3 Å². The number of carbonyl (C=O) groups excluding carboxylic acids is 1. The highest BCUT2D eigenvalue weighted by Crippen LogP contribution is 2.35. The van der Waals surface area contributed by atoms with Crippen molar-refractivity contribution in [3.8, 4) is 11.1 Å². The highest BCUT2D eigenvalue weighted by molar-refractivity contribution is 5.90. The molecule has 1 aliphatic rings. The van der Waals surface area contributed by atoms with Crippen LogP contribution in [0, 0.1) is 6.92 Å². The van der Waals surface area contributed by atoms with E-state index in [1.54, 1.807) is 32.3 Å². The Bertz CT molecular complexity index is 990. The van der Waals surface area contributed by atoms with E-state index < -0.39 is 17.8 Å². The number of halogens is 3. The SMILES string of the molecule is CNCCC(=O)Nc1cc(-c2cc(N3CCCC[C@@H]3C(F)(F)F)[nH]c(=O)c2)c(C)cn1. The molecule has 1 aliphatic heterocycles. The molecule has 2 aromatic heterocycles. The van der Waals surface area contributed by atoms with Gasteiger partial charge in [0.05, 0.1) is 0 Å². The Morgan fingerprint density at radius 3 is 2.77 bits per heavy atom. The Hall–Kier alpha value is -2.88. The summed E-state index contributed by atoms with van der Waals surface area (Å²) in [4.78, 5) is 32.3. The molecule has 0 unspecified atom stereocenters. The van der Waals surface area contributed by atoms with Crippen LogP contribution in [0.15, 0.2) is 29.2 Å². The molecular formula is C21H26F3N5O2. The lowest BCUT2D eigenvalue weighted by atomic mass is 10.00. The number of hydrogen-bond acceptors (Lipinski definition) is 5. The van der Waals surface area contributed by atoms with Crippen LogP contribution in [0.2, 0.25) is 0 Å². The number of rotatable bonds is 6. The van der Waals surface area contributed by atoms with Crippen molar-refractivity contribution >= 4 is 17.5 Å². The van der Waals surface area contributed by atoms with Gasteiger partial charge in [0.25, 0.3) is 0 Å². The maximum absolute atomic E-state index is 13.5. The smallest absolute Gasteiger partial charge is 0.346 e. The van der Waals surface area contributed by atoms with E-state index in [1.165, 1.54) is 11.0 Å². The van der Waals surface area contributed by atoms with Crippen LogP contribution < -0.4 is 21.1 Å². The van der Waals surface area contributed by atoms with Gasteiger partial charge in [-0.2, -0.15) is 13.2 Å². The first-order chi connectivity index (χ1) is 14.7. The average Bonchev–Trinajstić information content (AvgIpc) is 2.72. The molecule has 168 valence electrons. The van der Waals surface area contributed by atoms with E-state index in [0.29, 0.717) is 36.3 Å². The van der Waals surface area contributed by atoms with Gasteiger partial charge >= 0.3 is 6.18 Å². The minimum Gasteiger partial charge on any atom is -0.346 e. The number of pyridine rings is 2. The molecule has 7 nitrogen and oxygen atoms in total. The molecule has 10 heteroatoms. The van der Waals surface area contributed by atoms with Crippen LogP contribution in [0.1, 0.15) is 31.2 Å². The maximum Gasteiger partial charge on any atom is 0.408 e. The summed E-state index contributed by atoms with van der Waals surface area (Å²) in [7, 11) is 1.74.